The lowest BCUT2D eigenvalue weighted by Crippen LogP contribution is -2.18. The summed E-state index contributed by atoms with van der Waals surface area (Å²) in [7, 11) is 4.69. The van der Waals surface area contributed by atoms with Gasteiger partial charge in [-0.25, -0.2) is 0 Å². The second-order valence-electron chi connectivity index (χ2n) is 3.55. The minimum Gasteiger partial charge on any atom is -0.493 e. The van der Waals surface area contributed by atoms with Gasteiger partial charge in [0.2, 0.25) is 0 Å². The summed E-state index contributed by atoms with van der Waals surface area (Å²) >= 11 is 5.04. The van der Waals surface area contributed by atoms with Crippen molar-refractivity contribution in [2.24, 2.45) is 7.05 Å². The van der Waals surface area contributed by atoms with Gasteiger partial charge in [0.15, 0.2) is 16.3 Å². The Kier molecular flexibility index (Phi) is 2.89. The van der Waals surface area contributed by atoms with Gasteiger partial charge in [0.1, 0.15) is 0 Å². The minimum absolute atomic E-state index is 0.162. The van der Waals surface area contributed by atoms with Crippen molar-refractivity contribution in [1.82, 2.24) is 9.55 Å². The summed E-state index contributed by atoms with van der Waals surface area (Å²) in [6.07, 6.45) is 0. The number of rotatable bonds is 2. The highest BCUT2D eigenvalue weighted by atomic mass is 32.1. The number of nitrogens with one attached hydrogen (secondary N) is 1. The molecule has 1 heterocycles. The summed E-state index contributed by atoms with van der Waals surface area (Å²) in [5.74, 6) is 1.07. The summed E-state index contributed by atoms with van der Waals surface area (Å²) in [4.78, 5) is 15.0. The normalized spacial score (nSPS) is 10.5. The van der Waals surface area contributed by atoms with E-state index in [2.05, 4.69) is 4.98 Å². The molecule has 6 heteroatoms. The third-order valence-corrected chi connectivity index (χ3v) is 2.98. The highest BCUT2D eigenvalue weighted by Crippen LogP contribution is 2.29. The Morgan fingerprint density at radius 1 is 1.24 bits per heavy atom. The Bertz CT molecular complexity index is 687. The second-order valence-corrected chi connectivity index (χ2v) is 3.93. The zero-order valence-electron chi connectivity index (χ0n) is 9.73. The van der Waals surface area contributed by atoms with Gasteiger partial charge in [0.05, 0.1) is 25.1 Å². The van der Waals surface area contributed by atoms with Gasteiger partial charge < -0.3 is 14.5 Å². The van der Waals surface area contributed by atoms with E-state index in [1.54, 1.807) is 26.3 Å². The Hall–Kier alpha value is -1.82. The fourth-order valence-corrected chi connectivity index (χ4v) is 1.82. The monoisotopic (exact) mass is 252 g/mol. The van der Waals surface area contributed by atoms with E-state index >= 15 is 0 Å². The first-order valence-electron chi connectivity index (χ1n) is 4.93. The molecule has 5 nitrogen and oxygen atoms in total. The van der Waals surface area contributed by atoms with Crippen LogP contribution >= 0.6 is 12.2 Å². The van der Waals surface area contributed by atoms with Crippen LogP contribution in [0.3, 0.4) is 0 Å². The summed E-state index contributed by atoms with van der Waals surface area (Å²) in [6, 6.07) is 3.34. The van der Waals surface area contributed by atoms with E-state index in [1.807, 2.05) is 0 Å². The molecular formula is C11H12N2O3S. The van der Waals surface area contributed by atoms with Crippen LogP contribution in [-0.2, 0) is 7.05 Å². The SMILES string of the molecule is COc1cc2[nH]c(=S)n(C)c(=O)c2cc1OC. The number of fused-ring (bicyclic) bond motifs is 1. The van der Waals surface area contributed by atoms with Gasteiger partial charge in [-0.2, -0.15) is 0 Å². The maximum atomic E-state index is 12.0. The topological polar surface area (TPSA) is 56.2 Å². The number of methoxy groups -OCH3 is 2. The highest BCUT2D eigenvalue weighted by Gasteiger charge is 2.09. The molecule has 0 fully saturated rings. The molecule has 1 N–H and O–H groups in total. The molecule has 17 heavy (non-hydrogen) atoms. The molecule has 0 saturated heterocycles. The fraction of sp³-hybridized carbons (Fsp3) is 0.273. The van der Waals surface area contributed by atoms with Crippen LogP contribution in [0.4, 0.5) is 0 Å². The van der Waals surface area contributed by atoms with Gasteiger partial charge in [-0.15, -0.1) is 0 Å². The van der Waals surface area contributed by atoms with E-state index in [4.69, 9.17) is 21.7 Å². The molecule has 0 aliphatic heterocycles. The third-order valence-electron chi connectivity index (χ3n) is 2.60. The highest BCUT2D eigenvalue weighted by molar-refractivity contribution is 7.71. The summed E-state index contributed by atoms with van der Waals surface area (Å²) < 4.78 is 12.1. The van der Waals surface area contributed by atoms with Crippen molar-refractivity contribution in [3.63, 3.8) is 0 Å². The molecule has 0 saturated carbocycles. The molecule has 0 bridgehead atoms. The molecular weight excluding hydrogens is 240 g/mol. The molecule has 2 rings (SSSR count). The van der Waals surface area contributed by atoms with E-state index in [0.717, 1.165) is 0 Å². The van der Waals surface area contributed by atoms with Crippen molar-refractivity contribution in [1.29, 1.82) is 0 Å². The average Bonchev–Trinajstić information content (AvgIpc) is 2.34. The van der Waals surface area contributed by atoms with Gasteiger partial charge in [0, 0.05) is 13.1 Å². The van der Waals surface area contributed by atoms with Gasteiger partial charge >= 0.3 is 0 Å². The van der Waals surface area contributed by atoms with Crippen LogP contribution in [0.15, 0.2) is 16.9 Å². The molecule has 0 aliphatic carbocycles. The van der Waals surface area contributed by atoms with E-state index in [9.17, 15) is 4.79 Å². The Labute approximate surface area is 103 Å². The van der Waals surface area contributed by atoms with E-state index < -0.39 is 0 Å². The number of nitrogens with zero attached hydrogens (tertiary/aromatic N) is 1. The quantitative estimate of drug-likeness (QED) is 0.825. The van der Waals surface area contributed by atoms with Gasteiger partial charge in [-0.1, -0.05) is 0 Å². The molecule has 2 aromatic rings. The van der Waals surface area contributed by atoms with Gasteiger partial charge in [-0.3, -0.25) is 9.36 Å². The lowest BCUT2D eigenvalue weighted by atomic mass is 10.2. The van der Waals surface area contributed by atoms with Crippen molar-refractivity contribution in [3.05, 3.63) is 27.3 Å². The number of hydrogen-bond donors (Lipinski definition) is 1. The maximum absolute atomic E-state index is 12.0. The van der Waals surface area contributed by atoms with E-state index in [1.165, 1.54) is 11.7 Å². The standard InChI is InChI=1S/C11H12N2O3S/c1-13-10(14)6-4-8(15-2)9(16-3)5-7(6)12-11(13)17/h4-5H,1-3H3,(H,12,17). The van der Waals surface area contributed by atoms with Crippen molar-refractivity contribution >= 4 is 23.1 Å². The van der Waals surface area contributed by atoms with Crippen LogP contribution in [0.1, 0.15) is 0 Å². The lowest BCUT2D eigenvalue weighted by Gasteiger charge is -2.09. The van der Waals surface area contributed by atoms with Gasteiger partial charge in [0.25, 0.3) is 5.56 Å². The summed E-state index contributed by atoms with van der Waals surface area (Å²) in [5, 5.41) is 0.513. The van der Waals surface area contributed by atoms with Crippen LogP contribution in [0.5, 0.6) is 11.5 Å². The second kappa shape index (κ2) is 4.21. The largest absolute Gasteiger partial charge is 0.493 e. The molecule has 0 aliphatic rings. The van der Waals surface area contributed by atoms with E-state index in [-0.39, 0.29) is 5.56 Å². The van der Waals surface area contributed by atoms with Crippen LogP contribution in [0, 0.1) is 4.77 Å². The molecule has 0 amide bonds. The van der Waals surface area contributed by atoms with Crippen LogP contribution in [0.25, 0.3) is 10.9 Å². The predicted octanol–water partition coefficient (Wildman–Crippen LogP) is 1.61. The number of hydrogen-bond acceptors (Lipinski definition) is 4. The summed E-state index contributed by atoms with van der Waals surface area (Å²) in [5.41, 5.74) is 0.473. The van der Waals surface area contributed by atoms with Crippen LogP contribution in [-0.4, -0.2) is 23.8 Å². The first-order valence-corrected chi connectivity index (χ1v) is 5.34. The number of ether oxygens (including phenoxy) is 2. The fourth-order valence-electron chi connectivity index (χ4n) is 1.63. The zero-order valence-corrected chi connectivity index (χ0v) is 10.6. The van der Waals surface area contributed by atoms with Crippen LogP contribution in [0.2, 0.25) is 0 Å². The number of H-pyrrole nitrogens is 1. The molecule has 90 valence electrons. The Balaban J connectivity index is 2.93. The predicted molar refractivity (Wildman–Crippen MR) is 67.5 cm³/mol. The molecule has 1 aromatic carbocycles. The third kappa shape index (κ3) is 1.80. The molecule has 0 atom stereocenters. The first-order chi connectivity index (χ1) is 8.08. The molecule has 0 radical (unpaired) electrons. The zero-order chi connectivity index (χ0) is 12.6. The molecule has 1 aromatic heterocycles. The number of aromatic nitrogens is 2. The number of aromatic amines is 1. The smallest absolute Gasteiger partial charge is 0.262 e. The first kappa shape index (κ1) is 11.7. The van der Waals surface area contributed by atoms with Crippen molar-refractivity contribution in [2.45, 2.75) is 0 Å². The van der Waals surface area contributed by atoms with Crippen molar-refractivity contribution in [2.75, 3.05) is 14.2 Å². The van der Waals surface area contributed by atoms with E-state index in [0.29, 0.717) is 27.2 Å². The average molecular weight is 252 g/mol. The Morgan fingerprint density at radius 3 is 2.41 bits per heavy atom. The summed E-state index contributed by atoms with van der Waals surface area (Å²) in [6.45, 7) is 0. The Morgan fingerprint density at radius 2 is 1.82 bits per heavy atom. The van der Waals surface area contributed by atoms with Crippen molar-refractivity contribution < 1.29 is 9.47 Å². The molecule has 0 spiro atoms. The van der Waals surface area contributed by atoms with Crippen LogP contribution < -0.4 is 15.0 Å². The number of benzene rings is 1. The minimum atomic E-state index is -0.162. The molecule has 0 unspecified atom stereocenters. The lowest BCUT2D eigenvalue weighted by molar-refractivity contribution is 0.355. The van der Waals surface area contributed by atoms with Gasteiger partial charge in [-0.05, 0) is 18.3 Å². The maximum Gasteiger partial charge on any atom is 0.262 e. The van der Waals surface area contributed by atoms with Crippen molar-refractivity contribution in [3.8, 4) is 11.5 Å².